The van der Waals surface area contributed by atoms with Crippen molar-refractivity contribution in [3.05, 3.63) is 77.1 Å². The zero-order chi connectivity index (χ0) is 25.8. The Balaban J connectivity index is 1.77. The molecule has 1 heterocycles. The van der Waals surface area contributed by atoms with Crippen molar-refractivity contribution in [2.75, 3.05) is 31.5 Å². The standard InChI is InChI=1S/C27H26ClFN2O5/c1-34-19-8-6-18(7-9-19)31-25(32)13-10-20(27(33)30-17-5-11-22(29)21(28)15-17)26(31)16-4-12-23(35-2)24(14-16)36-3/h4-9,11-12,14-15,20,26H,10,13H2,1-3H3,(H,30,33)/t20-,26-/m0/s1. The van der Waals surface area contributed by atoms with Crippen molar-refractivity contribution in [1.29, 1.82) is 0 Å². The molecule has 9 heteroatoms. The summed E-state index contributed by atoms with van der Waals surface area (Å²) in [6.45, 7) is 0. The van der Waals surface area contributed by atoms with Crippen LogP contribution >= 0.6 is 11.6 Å². The van der Waals surface area contributed by atoms with E-state index in [0.717, 1.165) is 0 Å². The number of halogens is 2. The first kappa shape index (κ1) is 25.3. The molecule has 2 amide bonds. The van der Waals surface area contributed by atoms with Gasteiger partial charge in [-0.2, -0.15) is 0 Å². The van der Waals surface area contributed by atoms with Gasteiger partial charge in [0.15, 0.2) is 11.5 Å². The Kier molecular flexibility index (Phi) is 7.64. The van der Waals surface area contributed by atoms with Gasteiger partial charge in [0.1, 0.15) is 11.6 Å². The number of ether oxygens (including phenoxy) is 3. The van der Waals surface area contributed by atoms with E-state index in [9.17, 15) is 14.0 Å². The van der Waals surface area contributed by atoms with Crippen molar-refractivity contribution < 1.29 is 28.2 Å². The normalized spacial score (nSPS) is 17.5. The summed E-state index contributed by atoms with van der Waals surface area (Å²) in [5.41, 5.74) is 1.70. The summed E-state index contributed by atoms with van der Waals surface area (Å²) in [5.74, 6) is 0.0257. The molecule has 3 aromatic carbocycles. The zero-order valence-electron chi connectivity index (χ0n) is 20.1. The van der Waals surface area contributed by atoms with Crippen LogP contribution in [0.4, 0.5) is 15.8 Å². The van der Waals surface area contributed by atoms with Gasteiger partial charge in [0.05, 0.1) is 38.3 Å². The lowest BCUT2D eigenvalue weighted by molar-refractivity contribution is -0.125. The van der Waals surface area contributed by atoms with Gasteiger partial charge >= 0.3 is 0 Å². The minimum atomic E-state index is -0.643. The lowest BCUT2D eigenvalue weighted by Crippen LogP contribution is -2.47. The molecule has 0 aromatic heterocycles. The van der Waals surface area contributed by atoms with Crippen molar-refractivity contribution >= 4 is 34.8 Å². The third-order valence-corrected chi connectivity index (χ3v) is 6.51. The molecule has 0 saturated carbocycles. The highest BCUT2D eigenvalue weighted by atomic mass is 35.5. The summed E-state index contributed by atoms with van der Waals surface area (Å²) >= 11 is 5.90. The van der Waals surface area contributed by atoms with Crippen LogP contribution in [0.2, 0.25) is 5.02 Å². The Labute approximate surface area is 213 Å². The first-order valence-corrected chi connectivity index (χ1v) is 11.7. The first-order valence-electron chi connectivity index (χ1n) is 11.3. The lowest BCUT2D eigenvalue weighted by Gasteiger charge is -2.41. The Morgan fingerprint density at radius 1 is 0.972 bits per heavy atom. The van der Waals surface area contributed by atoms with Crippen LogP contribution in [-0.2, 0) is 9.59 Å². The van der Waals surface area contributed by atoms with E-state index < -0.39 is 17.8 Å². The molecule has 3 aromatic rings. The fourth-order valence-electron chi connectivity index (χ4n) is 4.44. The number of carbonyl (C=O) groups is 2. The number of amides is 2. The van der Waals surface area contributed by atoms with E-state index in [1.54, 1.807) is 48.4 Å². The maximum atomic E-state index is 13.6. The van der Waals surface area contributed by atoms with Gasteiger partial charge < -0.3 is 24.4 Å². The van der Waals surface area contributed by atoms with E-state index in [4.69, 9.17) is 25.8 Å². The fourth-order valence-corrected chi connectivity index (χ4v) is 4.62. The lowest BCUT2D eigenvalue weighted by atomic mass is 9.83. The molecule has 4 rings (SSSR count). The van der Waals surface area contributed by atoms with E-state index >= 15 is 0 Å². The van der Waals surface area contributed by atoms with Crippen LogP contribution in [-0.4, -0.2) is 33.1 Å². The molecular weight excluding hydrogens is 487 g/mol. The summed E-state index contributed by atoms with van der Waals surface area (Å²) in [6, 6.07) is 15.8. The molecule has 188 valence electrons. The average molecular weight is 513 g/mol. The van der Waals surface area contributed by atoms with Gasteiger partial charge in [0, 0.05) is 17.8 Å². The van der Waals surface area contributed by atoms with Gasteiger partial charge in [0.25, 0.3) is 0 Å². The van der Waals surface area contributed by atoms with Crippen LogP contribution in [0.15, 0.2) is 60.7 Å². The monoisotopic (exact) mass is 512 g/mol. The van der Waals surface area contributed by atoms with Crippen LogP contribution < -0.4 is 24.4 Å². The maximum Gasteiger partial charge on any atom is 0.229 e. The highest BCUT2D eigenvalue weighted by Crippen LogP contribution is 2.43. The Hall–Kier alpha value is -3.78. The smallest absolute Gasteiger partial charge is 0.229 e. The highest BCUT2D eigenvalue weighted by Gasteiger charge is 2.42. The first-order chi connectivity index (χ1) is 17.4. The Morgan fingerprint density at radius 3 is 2.33 bits per heavy atom. The van der Waals surface area contributed by atoms with Gasteiger partial charge in [-0.05, 0) is 66.6 Å². The molecule has 0 aliphatic carbocycles. The number of nitrogens with zero attached hydrogens (tertiary/aromatic N) is 1. The topological polar surface area (TPSA) is 77.1 Å². The molecule has 0 radical (unpaired) electrons. The van der Waals surface area contributed by atoms with Crippen molar-refractivity contribution in [2.24, 2.45) is 5.92 Å². The van der Waals surface area contributed by atoms with E-state index in [1.165, 1.54) is 32.4 Å². The predicted molar refractivity (Wildman–Crippen MR) is 136 cm³/mol. The van der Waals surface area contributed by atoms with Crippen LogP contribution in [0.3, 0.4) is 0 Å². The third-order valence-electron chi connectivity index (χ3n) is 6.22. The predicted octanol–water partition coefficient (Wildman–Crippen LogP) is 5.63. The van der Waals surface area contributed by atoms with Crippen LogP contribution in [0.5, 0.6) is 17.2 Å². The second-order valence-electron chi connectivity index (χ2n) is 8.28. The second kappa shape index (κ2) is 10.9. The molecule has 0 bridgehead atoms. The third kappa shape index (κ3) is 5.09. The fraction of sp³-hybridized carbons (Fsp3) is 0.259. The molecule has 1 aliphatic rings. The molecule has 36 heavy (non-hydrogen) atoms. The summed E-state index contributed by atoms with van der Waals surface area (Å²) in [6.07, 6.45) is 0.503. The van der Waals surface area contributed by atoms with E-state index in [0.29, 0.717) is 40.6 Å². The van der Waals surface area contributed by atoms with Crippen molar-refractivity contribution in [3.63, 3.8) is 0 Å². The molecule has 2 atom stereocenters. The quantitative estimate of drug-likeness (QED) is 0.444. The minimum Gasteiger partial charge on any atom is -0.497 e. The summed E-state index contributed by atoms with van der Waals surface area (Å²) in [7, 11) is 4.63. The number of nitrogens with one attached hydrogen (secondary N) is 1. The maximum absolute atomic E-state index is 13.6. The molecular formula is C27H26ClFN2O5. The molecule has 1 fully saturated rings. The van der Waals surface area contributed by atoms with Gasteiger partial charge in [-0.1, -0.05) is 17.7 Å². The number of hydrogen-bond donors (Lipinski definition) is 1. The van der Waals surface area contributed by atoms with E-state index in [2.05, 4.69) is 5.32 Å². The van der Waals surface area contributed by atoms with Crippen LogP contribution in [0.25, 0.3) is 0 Å². The number of methoxy groups -OCH3 is 3. The number of hydrogen-bond acceptors (Lipinski definition) is 5. The van der Waals surface area contributed by atoms with Crippen molar-refractivity contribution in [3.8, 4) is 17.2 Å². The molecule has 1 saturated heterocycles. The summed E-state index contributed by atoms with van der Waals surface area (Å²) in [4.78, 5) is 28.4. The van der Waals surface area contributed by atoms with E-state index in [-0.39, 0.29) is 23.3 Å². The number of piperidine rings is 1. The molecule has 0 spiro atoms. The number of rotatable bonds is 7. The molecule has 7 nitrogen and oxygen atoms in total. The number of carbonyl (C=O) groups excluding carboxylic acids is 2. The van der Waals surface area contributed by atoms with Gasteiger partial charge in [-0.15, -0.1) is 0 Å². The van der Waals surface area contributed by atoms with Crippen molar-refractivity contribution in [1.82, 2.24) is 0 Å². The highest BCUT2D eigenvalue weighted by molar-refractivity contribution is 6.31. The van der Waals surface area contributed by atoms with Crippen LogP contribution in [0, 0.1) is 11.7 Å². The number of benzene rings is 3. The largest absolute Gasteiger partial charge is 0.497 e. The molecule has 1 aliphatic heterocycles. The van der Waals surface area contributed by atoms with Gasteiger partial charge in [-0.3, -0.25) is 9.59 Å². The SMILES string of the molecule is COc1ccc(N2C(=O)CC[C@H](C(=O)Nc3ccc(F)c(Cl)c3)[C@@H]2c2ccc(OC)c(OC)c2)cc1. The number of anilines is 2. The summed E-state index contributed by atoms with van der Waals surface area (Å²) < 4.78 is 29.7. The summed E-state index contributed by atoms with van der Waals surface area (Å²) in [5, 5.41) is 2.74. The minimum absolute atomic E-state index is 0.0945. The van der Waals surface area contributed by atoms with Gasteiger partial charge in [0.2, 0.25) is 11.8 Å². The van der Waals surface area contributed by atoms with Crippen LogP contribution in [0.1, 0.15) is 24.4 Å². The zero-order valence-corrected chi connectivity index (χ0v) is 20.8. The molecule has 0 unspecified atom stereocenters. The average Bonchev–Trinajstić information content (AvgIpc) is 2.90. The van der Waals surface area contributed by atoms with Gasteiger partial charge in [-0.25, -0.2) is 4.39 Å². The van der Waals surface area contributed by atoms with E-state index in [1.807, 2.05) is 6.07 Å². The van der Waals surface area contributed by atoms with Crippen molar-refractivity contribution in [2.45, 2.75) is 18.9 Å². The Morgan fingerprint density at radius 2 is 1.69 bits per heavy atom. The molecule has 1 N–H and O–H groups in total. The Bertz CT molecular complexity index is 1270. The second-order valence-corrected chi connectivity index (χ2v) is 8.69.